The first-order valence-electron chi connectivity index (χ1n) is 11.4. The van der Waals surface area contributed by atoms with E-state index >= 15 is 0 Å². The van der Waals surface area contributed by atoms with Crippen LogP contribution in [0.2, 0.25) is 5.02 Å². The predicted octanol–water partition coefficient (Wildman–Crippen LogP) is 6.17. The average molecular weight is 502 g/mol. The van der Waals surface area contributed by atoms with Gasteiger partial charge in [-0.3, -0.25) is 4.79 Å². The summed E-state index contributed by atoms with van der Waals surface area (Å²) in [6, 6.07) is 24.6. The molecule has 2 atom stereocenters. The van der Waals surface area contributed by atoms with E-state index in [2.05, 4.69) is 6.07 Å². The third kappa shape index (κ3) is 4.98. The number of ketones is 1. The van der Waals surface area contributed by atoms with Crippen LogP contribution in [0.1, 0.15) is 40.2 Å². The van der Waals surface area contributed by atoms with Crippen molar-refractivity contribution in [1.29, 1.82) is 5.26 Å². The summed E-state index contributed by atoms with van der Waals surface area (Å²) in [6.07, 6.45) is -0.365. The maximum Gasteiger partial charge on any atom is 0.337 e. The van der Waals surface area contributed by atoms with Crippen molar-refractivity contribution in [2.45, 2.75) is 25.4 Å². The van der Waals surface area contributed by atoms with Crippen LogP contribution in [0.3, 0.4) is 0 Å². The van der Waals surface area contributed by atoms with E-state index in [1.54, 1.807) is 55.6 Å². The fraction of sp³-hybridized carbons (Fsp3) is 0.207. The highest BCUT2D eigenvalue weighted by atomic mass is 35.5. The summed E-state index contributed by atoms with van der Waals surface area (Å²) in [5, 5.41) is 21.8. The Morgan fingerprint density at radius 2 is 1.72 bits per heavy atom. The number of hydrogen-bond acceptors (Lipinski definition) is 6. The zero-order chi connectivity index (χ0) is 25.7. The van der Waals surface area contributed by atoms with E-state index in [1.165, 1.54) is 0 Å². The lowest BCUT2D eigenvalue weighted by atomic mass is 9.61. The molecule has 4 rings (SSSR count). The second-order valence-corrected chi connectivity index (χ2v) is 9.05. The molecule has 0 unspecified atom stereocenters. The quantitative estimate of drug-likeness (QED) is 0.307. The molecule has 0 radical (unpaired) electrons. The van der Waals surface area contributed by atoms with Crippen molar-refractivity contribution in [3.8, 4) is 11.8 Å². The normalized spacial score (nSPS) is 19.3. The number of carbonyl (C=O) groups excluding carboxylic acids is 2. The number of allylic oxidation sites excluding steroid dienone is 1. The minimum atomic E-state index is -1.66. The standard InChI is InChI=1S/C29H24ClNO5/c1-35-23-13-9-20(10-14-23)25-15-26(32)24(28(34)36-17-19-5-3-2-4-6-19)16-29(25,18-31)27(33)21-7-11-22(30)12-8-21/h2-14,25,32H,15-17H2,1H3/t25-,29-/m0/s1. The van der Waals surface area contributed by atoms with Gasteiger partial charge in [-0.1, -0.05) is 54.1 Å². The third-order valence-corrected chi connectivity index (χ3v) is 6.74. The Bertz CT molecular complexity index is 1330. The first-order valence-corrected chi connectivity index (χ1v) is 11.7. The summed E-state index contributed by atoms with van der Waals surface area (Å²) >= 11 is 6.00. The molecular formula is C29H24ClNO5. The summed E-state index contributed by atoms with van der Waals surface area (Å²) in [5.41, 5.74) is 0.0115. The highest BCUT2D eigenvalue weighted by molar-refractivity contribution is 6.30. The molecule has 1 aliphatic rings. The molecule has 1 aliphatic carbocycles. The smallest absolute Gasteiger partial charge is 0.337 e. The van der Waals surface area contributed by atoms with Gasteiger partial charge in [-0.15, -0.1) is 0 Å². The second-order valence-electron chi connectivity index (χ2n) is 8.61. The molecule has 7 heteroatoms. The summed E-state index contributed by atoms with van der Waals surface area (Å²) in [4.78, 5) is 26.9. The molecule has 0 bridgehead atoms. The van der Waals surface area contributed by atoms with E-state index < -0.39 is 23.1 Å². The topological polar surface area (TPSA) is 96.6 Å². The summed E-state index contributed by atoms with van der Waals surface area (Å²) < 4.78 is 10.7. The van der Waals surface area contributed by atoms with Crippen LogP contribution in [0.4, 0.5) is 0 Å². The first-order chi connectivity index (χ1) is 17.4. The van der Waals surface area contributed by atoms with E-state index in [-0.39, 0.29) is 36.3 Å². The number of aliphatic hydroxyl groups is 1. The van der Waals surface area contributed by atoms with Crippen LogP contribution in [0, 0.1) is 16.7 Å². The highest BCUT2D eigenvalue weighted by Crippen LogP contribution is 2.51. The minimum Gasteiger partial charge on any atom is -0.512 e. The SMILES string of the molecule is COc1ccc([C@@H]2CC(O)=C(C(=O)OCc3ccccc3)C[C@@]2(C#N)C(=O)c2ccc(Cl)cc2)cc1. The number of nitrogens with zero attached hydrogens (tertiary/aromatic N) is 1. The van der Waals surface area contributed by atoms with E-state index in [9.17, 15) is 20.0 Å². The number of rotatable bonds is 7. The van der Waals surface area contributed by atoms with Crippen molar-refractivity contribution in [1.82, 2.24) is 0 Å². The Morgan fingerprint density at radius 1 is 1.06 bits per heavy atom. The molecule has 0 aromatic heterocycles. The van der Waals surface area contributed by atoms with Gasteiger partial charge < -0.3 is 14.6 Å². The molecular weight excluding hydrogens is 478 g/mol. The Morgan fingerprint density at radius 3 is 2.33 bits per heavy atom. The van der Waals surface area contributed by atoms with E-state index in [1.807, 2.05) is 30.3 Å². The number of benzene rings is 3. The lowest BCUT2D eigenvalue weighted by molar-refractivity contribution is -0.141. The van der Waals surface area contributed by atoms with Crippen molar-refractivity contribution in [3.05, 3.63) is 112 Å². The van der Waals surface area contributed by atoms with Gasteiger partial charge in [-0.2, -0.15) is 5.26 Å². The minimum absolute atomic E-state index is 0.00302. The Labute approximate surface area is 214 Å². The van der Waals surface area contributed by atoms with Crippen LogP contribution < -0.4 is 4.74 Å². The zero-order valence-electron chi connectivity index (χ0n) is 19.6. The third-order valence-electron chi connectivity index (χ3n) is 6.48. The molecule has 1 N–H and O–H groups in total. The molecule has 0 saturated heterocycles. The van der Waals surface area contributed by atoms with E-state index in [4.69, 9.17) is 21.1 Å². The molecule has 0 spiro atoms. The molecule has 3 aromatic rings. The van der Waals surface area contributed by atoms with Crippen LogP contribution in [0.5, 0.6) is 5.75 Å². The van der Waals surface area contributed by atoms with Gasteiger partial charge in [-0.25, -0.2) is 4.79 Å². The van der Waals surface area contributed by atoms with Crippen LogP contribution in [0.15, 0.2) is 90.2 Å². The zero-order valence-corrected chi connectivity index (χ0v) is 20.4. The van der Waals surface area contributed by atoms with Crippen molar-refractivity contribution in [2.24, 2.45) is 5.41 Å². The Balaban J connectivity index is 1.73. The number of methoxy groups -OCH3 is 1. The molecule has 0 aliphatic heterocycles. The van der Waals surface area contributed by atoms with Gasteiger partial charge in [0.15, 0.2) is 5.78 Å². The number of carbonyl (C=O) groups is 2. The maximum atomic E-state index is 13.9. The fourth-order valence-electron chi connectivity index (χ4n) is 4.50. The van der Waals surface area contributed by atoms with Crippen LogP contribution >= 0.6 is 11.6 Å². The molecule has 0 fully saturated rings. The Kier molecular flexibility index (Phi) is 7.42. The van der Waals surface area contributed by atoms with E-state index in [0.717, 1.165) is 5.56 Å². The lowest BCUT2D eigenvalue weighted by Gasteiger charge is -2.38. The summed E-state index contributed by atoms with van der Waals surface area (Å²) in [5.74, 6) is -1.49. The van der Waals surface area contributed by atoms with Crippen LogP contribution in [-0.4, -0.2) is 24.0 Å². The largest absolute Gasteiger partial charge is 0.512 e. The predicted molar refractivity (Wildman–Crippen MR) is 135 cm³/mol. The van der Waals surface area contributed by atoms with Gasteiger partial charge >= 0.3 is 5.97 Å². The number of Topliss-reactive ketones (excluding diaryl/α,β-unsaturated/α-hetero) is 1. The number of hydrogen-bond donors (Lipinski definition) is 1. The Hall–Kier alpha value is -4.08. The molecule has 6 nitrogen and oxygen atoms in total. The average Bonchev–Trinajstić information content (AvgIpc) is 2.92. The van der Waals surface area contributed by atoms with Crippen LogP contribution in [0.25, 0.3) is 0 Å². The number of ether oxygens (including phenoxy) is 2. The van der Waals surface area contributed by atoms with Gasteiger partial charge in [0, 0.05) is 29.3 Å². The fourth-order valence-corrected chi connectivity index (χ4v) is 4.63. The van der Waals surface area contributed by atoms with Crippen LogP contribution in [-0.2, 0) is 16.1 Å². The van der Waals surface area contributed by atoms with Gasteiger partial charge in [0.1, 0.15) is 23.5 Å². The van der Waals surface area contributed by atoms with Gasteiger partial charge in [0.05, 0.1) is 18.8 Å². The molecule has 182 valence electrons. The molecule has 0 amide bonds. The number of halogens is 1. The number of esters is 1. The first kappa shape index (κ1) is 25.0. The maximum absolute atomic E-state index is 13.9. The highest BCUT2D eigenvalue weighted by Gasteiger charge is 2.52. The van der Waals surface area contributed by atoms with E-state index in [0.29, 0.717) is 16.3 Å². The monoisotopic (exact) mass is 501 g/mol. The number of aliphatic hydroxyl groups excluding tert-OH is 1. The van der Waals surface area contributed by atoms with Gasteiger partial charge in [0.25, 0.3) is 0 Å². The molecule has 0 saturated carbocycles. The molecule has 0 heterocycles. The van der Waals surface area contributed by atoms with Crippen molar-refractivity contribution >= 4 is 23.4 Å². The van der Waals surface area contributed by atoms with Gasteiger partial charge in [0.2, 0.25) is 0 Å². The second kappa shape index (κ2) is 10.7. The molecule has 36 heavy (non-hydrogen) atoms. The van der Waals surface area contributed by atoms with Crippen molar-refractivity contribution < 1.29 is 24.2 Å². The number of nitriles is 1. The summed E-state index contributed by atoms with van der Waals surface area (Å²) in [6.45, 7) is 0.00302. The summed E-state index contributed by atoms with van der Waals surface area (Å²) in [7, 11) is 1.54. The van der Waals surface area contributed by atoms with Crippen molar-refractivity contribution in [2.75, 3.05) is 7.11 Å². The van der Waals surface area contributed by atoms with Crippen molar-refractivity contribution in [3.63, 3.8) is 0 Å². The van der Waals surface area contributed by atoms with Gasteiger partial charge in [-0.05, 0) is 47.5 Å². The molecule has 3 aromatic carbocycles. The lowest BCUT2D eigenvalue weighted by Crippen LogP contribution is -2.41.